The van der Waals surface area contributed by atoms with Crippen molar-refractivity contribution in [1.29, 1.82) is 5.26 Å². The van der Waals surface area contributed by atoms with Gasteiger partial charge >= 0.3 is 0 Å². The van der Waals surface area contributed by atoms with E-state index in [1.54, 1.807) is 6.07 Å². The van der Waals surface area contributed by atoms with Crippen molar-refractivity contribution in [3.63, 3.8) is 0 Å². The summed E-state index contributed by atoms with van der Waals surface area (Å²) in [6.07, 6.45) is 2.39. The van der Waals surface area contributed by atoms with Crippen molar-refractivity contribution in [3.05, 3.63) is 48.0 Å². The highest BCUT2D eigenvalue weighted by Crippen LogP contribution is 2.30. The van der Waals surface area contributed by atoms with Gasteiger partial charge in [-0.1, -0.05) is 18.2 Å². The van der Waals surface area contributed by atoms with Gasteiger partial charge in [0.15, 0.2) is 5.78 Å². The largest absolute Gasteiger partial charge is 0.399 e. The highest BCUT2D eigenvalue weighted by molar-refractivity contribution is 5.83. The molecule has 6 heteroatoms. The van der Waals surface area contributed by atoms with E-state index in [1.807, 2.05) is 12.1 Å². The summed E-state index contributed by atoms with van der Waals surface area (Å²) in [7, 11) is 0. The summed E-state index contributed by atoms with van der Waals surface area (Å²) < 4.78 is 5.59. The Bertz CT molecular complexity index is 921. The van der Waals surface area contributed by atoms with Gasteiger partial charge in [0.25, 0.3) is 0 Å². The van der Waals surface area contributed by atoms with Crippen LogP contribution in [0.1, 0.15) is 24.8 Å². The lowest BCUT2D eigenvalue weighted by Crippen LogP contribution is -2.44. The summed E-state index contributed by atoms with van der Waals surface area (Å²) in [4.78, 5) is 14.8. The lowest BCUT2D eigenvalue weighted by molar-refractivity contribution is -0.133. The third kappa shape index (κ3) is 4.64. The Balaban J connectivity index is 1.34. The van der Waals surface area contributed by atoms with Crippen LogP contribution < -0.4 is 16.0 Å². The lowest BCUT2D eigenvalue weighted by Gasteiger charge is -2.34. The Kier molecular flexibility index (Phi) is 6.32. The van der Waals surface area contributed by atoms with Crippen molar-refractivity contribution < 1.29 is 9.53 Å². The maximum atomic E-state index is 12.5. The number of nitrogen functional groups attached to an aromatic ring is 1. The summed E-state index contributed by atoms with van der Waals surface area (Å²) in [5.41, 5.74) is 10.1. The molecule has 0 aliphatic carbocycles. The third-order valence-electron chi connectivity index (χ3n) is 6.10. The number of Topliss-reactive ketones (excluding diaryl/α,β-unsaturated/α-hetero) is 1. The van der Waals surface area contributed by atoms with Crippen LogP contribution in [0.3, 0.4) is 0 Å². The minimum atomic E-state index is -0.268. The van der Waals surface area contributed by atoms with Gasteiger partial charge in [0.05, 0.1) is 18.2 Å². The molecule has 4 rings (SSSR count). The number of nitriles is 1. The van der Waals surface area contributed by atoms with Gasteiger partial charge in [0, 0.05) is 44.0 Å². The van der Waals surface area contributed by atoms with Crippen molar-refractivity contribution >= 4 is 17.2 Å². The van der Waals surface area contributed by atoms with Crippen LogP contribution in [0.2, 0.25) is 0 Å². The van der Waals surface area contributed by atoms with Crippen LogP contribution in [0.4, 0.5) is 11.4 Å². The molecule has 0 aromatic heterocycles. The summed E-state index contributed by atoms with van der Waals surface area (Å²) in [5, 5.41) is 12.6. The van der Waals surface area contributed by atoms with E-state index in [0.717, 1.165) is 43.6 Å². The molecule has 2 aliphatic rings. The number of rotatable bonds is 5. The lowest BCUT2D eigenvalue weighted by atomic mass is 9.90. The molecule has 2 heterocycles. The molecule has 0 spiro atoms. The van der Waals surface area contributed by atoms with E-state index in [4.69, 9.17) is 10.5 Å². The van der Waals surface area contributed by atoms with Gasteiger partial charge in [-0.3, -0.25) is 4.79 Å². The van der Waals surface area contributed by atoms with E-state index in [0.29, 0.717) is 36.7 Å². The number of hydrogen-bond donors (Lipinski definition) is 2. The number of nitrogens with one attached hydrogen (secondary N) is 1. The van der Waals surface area contributed by atoms with Crippen LogP contribution in [0.25, 0.3) is 11.1 Å². The number of ether oxygens (including phenoxy) is 1. The number of benzene rings is 2. The van der Waals surface area contributed by atoms with Crippen LogP contribution in [0.5, 0.6) is 0 Å². The molecule has 30 heavy (non-hydrogen) atoms. The van der Waals surface area contributed by atoms with E-state index < -0.39 is 0 Å². The number of hydrogen-bond acceptors (Lipinski definition) is 6. The number of carbonyl (C=O) groups is 1. The van der Waals surface area contributed by atoms with Gasteiger partial charge < -0.3 is 20.7 Å². The van der Waals surface area contributed by atoms with Crippen LogP contribution in [-0.4, -0.2) is 44.7 Å². The van der Waals surface area contributed by atoms with E-state index in [1.165, 1.54) is 5.69 Å². The second-order valence-electron chi connectivity index (χ2n) is 8.13. The summed E-state index contributed by atoms with van der Waals surface area (Å²) in [6.45, 7) is 4.00. The topological polar surface area (TPSA) is 91.4 Å². The molecule has 2 aromatic rings. The zero-order valence-corrected chi connectivity index (χ0v) is 17.1. The number of morpholine rings is 1. The summed E-state index contributed by atoms with van der Waals surface area (Å²) in [6, 6.07) is 16.0. The molecule has 2 aliphatic heterocycles. The van der Waals surface area contributed by atoms with E-state index >= 15 is 0 Å². The van der Waals surface area contributed by atoms with E-state index in [-0.39, 0.29) is 11.9 Å². The maximum absolute atomic E-state index is 12.5. The fourth-order valence-corrected chi connectivity index (χ4v) is 4.34. The average molecular weight is 405 g/mol. The third-order valence-corrected chi connectivity index (χ3v) is 6.10. The molecule has 0 radical (unpaired) electrons. The smallest absolute Gasteiger partial charge is 0.163 e. The van der Waals surface area contributed by atoms with Crippen molar-refractivity contribution in [2.24, 2.45) is 5.92 Å². The van der Waals surface area contributed by atoms with E-state index in [9.17, 15) is 10.1 Å². The maximum Gasteiger partial charge on any atom is 0.163 e. The molecule has 1 atom stereocenters. The van der Waals surface area contributed by atoms with Crippen molar-refractivity contribution in [2.75, 3.05) is 43.4 Å². The molecule has 3 N–H and O–H groups in total. The second kappa shape index (κ2) is 9.29. The molecule has 0 bridgehead atoms. The van der Waals surface area contributed by atoms with Crippen molar-refractivity contribution in [1.82, 2.24) is 5.32 Å². The Morgan fingerprint density at radius 3 is 2.63 bits per heavy atom. The highest BCUT2D eigenvalue weighted by Gasteiger charge is 2.27. The predicted octanol–water partition coefficient (Wildman–Crippen LogP) is 2.97. The van der Waals surface area contributed by atoms with E-state index in [2.05, 4.69) is 40.6 Å². The first-order valence-corrected chi connectivity index (χ1v) is 10.6. The number of anilines is 2. The first-order chi connectivity index (χ1) is 14.6. The van der Waals surface area contributed by atoms with Gasteiger partial charge in [-0.25, -0.2) is 0 Å². The standard InChI is InChI=1S/C24H28N4O2/c25-15-19-14-20(26)3-6-22(19)18-1-4-21(5-2-18)28-10-7-17(8-11-28)13-23(29)24-16-27-9-12-30-24/h1-6,14,17,24,27H,7-13,16,26H2. The van der Waals surface area contributed by atoms with Gasteiger partial charge in [-0.15, -0.1) is 0 Å². The molecule has 2 saturated heterocycles. The average Bonchev–Trinajstić information content (AvgIpc) is 2.80. The zero-order valence-electron chi connectivity index (χ0n) is 17.1. The van der Waals surface area contributed by atoms with Crippen molar-refractivity contribution in [2.45, 2.75) is 25.4 Å². The molecule has 6 nitrogen and oxygen atoms in total. The molecule has 0 amide bonds. The number of piperidine rings is 1. The normalized spacial score (nSPS) is 20.0. The van der Waals surface area contributed by atoms with Crippen LogP contribution in [0, 0.1) is 17.2 Å². The van der Waals surface area contributed by atoms with Crippen molar-refractivity contribution in [3.8, 4) is 17.2 Å². The van der Waals surface area contributed by atoms with Crippen LogP contribution in [0.15, 0.2) is 42.5 Å². The Hall–Kier alpha value is -2.88. The van der Waals surface area contributed by atoms with Gasteiger partial charge in [-0.2, -0.15) is 5.26 Å². The fourth-order valence-electron chi connectivity index (χ4n) is 4.34. The number of nitrogens with two attached hydrogens (primary N) is 1. The SMILES string of the molecule is N#Cc1cc(N)ccc1-c1ccc(N2CCC(CC(=O)C3CNCCO3)CC2)cc1. The Morgan fingerprint density at radius 1 is 1.20 bits per heavy atom. The molecular formula is C24H28N4O2. The Labute approximate surface area is 177 Å². The minimum Gasteiger partial charge on any atom is -0.399 e. The molecule has 0 saturated carbocycles. The number of carbonyl (C=O) groups excluding carboxylic acids is 1. The molecule has 2 fully saturated rings. The van der Waals surface area contributed by atoms with Crippen LogP contribution >= 0.6 is 0 Å². The zero-order chi connectivity index (χ0) is 20.9. The molecule has 1 unspecified atom stereocenters. The summed E-state index contributed by atoms with van der Waals surface area (Å²) in [5.74, 6) is 0.674. The highest BCUT2D eigenvalue weighted by atomic mass is 16.5. The summed E-state index contributed by atoms with van der Waals surface area (Å²) >= 11 is 0. The van der Waals surface area contributed by atoms with Gasteiger partial charge in [0.2, 0.25) is 0 Å². The molecule has 2 aromatic carbocycles. The number of ketones is 1. The fraction of sp³-hybridized carbons (Fsp3) is 0.417. The predicted molar refractivity (Wildman–Crippen MR) is 118 cm³/mol. The Morgan fingerprint density at radius 2 is 1.97 bits per heavy atom. The minimum absolute atomic E-state index is 0.238. The molecular weight excluding hydrogens is 376 g/mol. The second-order valence-corrected chi connectivity index (χ2v) is 8.13. The monoisotopic (exact) mass is 404 g/mol. The van der Waals surface area contributed by atoms with Gasteiger partial charge in [-0.05, 0) is 54.2 Å². The van der Waals surface area contributed by atoms with Gasteiger partial charge in [0.1, 0.15) is 6.10 Å². The number of nitrogens with zero attached hydrogens (tertiary/aromatic N) is 2. The van der Waals surface area contributed by atoms with Crippen LogP contribution in [-0.2, 0) is 9.53 Å². The molecule has 156 valence electrons. The quantitative estimate of drug-likeness (QED) is 0.745. The first-order valence-electron chi connectivity index (χ1n) is 10.6. The first kappa shape index (κ1) is 20.4.